The van der Waals surface area contributed by atoms with Gasteiger partial charge in [-0.25, -0.2) is 0 Å². The molecule has 1 atom stereocenters. The van der Waals surface area contributed by atoms with Gasteiger partial charge in [0.25, 0.3) is 0 Å². The summed E-state index contributed by atoms with van der Waals surface area (Å²) >= 11 is 0. The van der Waals surface area contributed by atoms with Crippen molar-refractivity contribution in [1.82, 2.24) is 0 Å². The van der Waals surface area contributed by atoms with Crippen molar-refractivity contribution in [3.8, 4) is 0 Å². The number of halogens is 1. The third kappa shape index (κ3) is 1.81. The molecule has 0 amide bonds. The number of nitrogens with two attached hydrogens (primary N) is 1. The summed E-state index contributed by atoms with van der Waals surface area (Å²) < 4.78 is 0. The molecule has 0 aromatic heterocycles. The molecule has 0 bridgehead atoms. The molecule has 1 unspecified atom stereocenters. The van der Waals surface area contributed by atoms with Gasteiger partial charge in [0.2, 0.25) is 0 Å². The fraction of sp³-hybridized carbons (Fsp3) is 1.00. The lowest BCUT2D eigenvalue weighted by molar-refractivity contribution is 0.111. The molecule has 9 heavy (non-hydrogen) atoms. The molecule has 1 fully saturated rings. The molecule has 1 aliphatic carbocycles. The van der Waals surface area contributed by atoms with E-state index in [4.69, 9.17) is 10.8 Å². The number of aliphatic hydroxyl groups excluding tert-OH is 1. The Kier molecular flexibility index (Phi) is 2.93. The lowest BCUT2D eigenvalue weighted by Crippen LogP contribution is -2.27. The Morgan fingerprint density at radius 1 is 1.67 bits per heavy atom. The van der Waals surface area contributed by atoms with E-state index in [9.17, 15) is 0 Å². The van der Waals surface area contributed by atoms with E-state index >= 15 is 0 Å². The summed E-state index contributed by atoms with van der Waals surface area (Å²) in [5.41, 5.74) is 5.44. The average molecular weight is 152 g/mol. The van der Waals surface area contributed by atoms with Gasteiger partial charge in [0.1, 0.15) is 0 Å². The first-order valence-electron chi connectivity index (χ1n) is 3.07. The second kappa shape index (κ2) is 2.86. The zero-order valence-corrected chi connectivity index (χ0v) is 6.45. The van der Waals surface area contributed by atoms with Crippen molar-refractivity contribution in [2.75, 3.05) is 6.54 Å². The normalized spacial score (nSPS) is 24.3. The van der Waals surface area contributed by atoms with E-state index in [1.807, 2.05) is 0 Å². The molecule has 0 spiro atoms. The van der Waals surface area contributed by atoms with Crippen molar-refractivity contribution in [2.24, 2.45) is 11.1 Å². The molecule has 0 aromatic carbocycles. The monoisotopic (exact) mass is 151 g/mol. The largest absolute Gasteiger partial charge is 0.391 e. The fourth-order valence-electron chi connectivity index (χ4n) is 0.815. The first-order valence-corrected chi connectivity index (χ1v) is 3.07. The molecule has 1 saturated carbocycles. The van der Waals surface area contributed by atoms with Crippen LogP contribution in [0.2, 0.25) is 0 Å². The Hall–Kier alpha value is 0.210. The molecule has 0 radical (unpaired) electrons. The summed E-state index contributed by atoms with van der Waals surface area (Å²) in [4.78, 5) is 0. The number of aliphatic hydroxyl groups is 1. The lowest BCUT2D eigenvalue weighted by atomic mass is 10.0. The predicted molar refractivity (Wildman–Crippen MR) is 39.7 cm³/mol. The van der Waals surface area contributed by atoms with Crippen molar-refractivity contribution < 1.29 is 5.11 Å². The van der Waals surface area contributed by atoms with Crippen molar-refractivity contribution >= 4 is 12.4 Å². The minimum Gasteiger partial charge on any atom is -0.391 e. The van der Waals surface area contributed by atoms with Gasteiger partial charge in [-0.3, -0.25) is 0 Å². The van der Waals surface area contributed by atoms with Crippen molar-refractivity contribution in [3.05, 3.63) is 0 Å². The SMILES string of the molecule is CC1(C(O)CN)CC1.Cl. The van der Waals surface area contributed by atoms with E-state index in [-0.39, 0.29) is 23.9 Å². The molecular weight excluding hydrogens is 138 g/mol. The molecular formula is C6H14ClNO. The number of hydrogen-bond donors (Lipinski definition) is 2. The highest BCUT2D eigenvalue weighted by atomic mass is 35.5. The zero-order chi connectivity index (χ0) is 6.20. The Morgan fingerprint density at radius 3 is 2.22 bits per heavy atom. The molecule has 2 nitrogen and oxygen atoms in total. The van der Waals surface area contributed by atoms with Crippen LogP contribution in [0.4, 0.5) is 0 Å². The van der Waals surface area contributed by atoms with Gasteiger partial charge in [0.15, 0.2) is 0 Å². The fourth-order valence-corrected chi connectivity index (χ4v) is 0.815. The summed E-state index contributed by atoms with van der Waals surface area (Å²) in [7, 11) is 0. The quantitative estimate of drug-likeness (QED) is 0.605. The summed E-state index contributed by atoms with van der Waals surface area (Å²) in [5, 5.41) is 9.13. The minimum absolute atomic E-state index is 0. The Morgan fingerprint density at radius 2 is 2.11 bits per heavy atom. The maximum Gasteiger partial charge on any atom is 0.0715 e. The zero-order valence-electron chi connectivity index (χ0n) is 5.63. The van der Waals surface area contributed by atoms with Gasteiger partial charge < -0.3 is 10.8 Å². The van der Waals surface area contributed by atoms with E-state index in [0.717, 1.165) is 12.8 Å². The standard InChI is InChI=1S/C6H13NO.ClH/c1-6(2-3-6)5(8)4-7;/h5,8H,2-4,7H2,1H3;1H. The second-order valence-electron chi connectivity index (χ2n) is 2.91. The maximum absolute atomic E-state index is 9.13. The highest BCUT2D eigenvalue weighted by Crippen LogP contribution is 2.47. The number of rotatable bonds is 2. The summed E-state index contributed by atoms with van der Waals surface area (Å²) in [5.74, 6) is 0. The highest BCUT2D eigenvalue weighted by molar-refractivity contribution is 5.85. The lowest BCUT2D eigenvalue weighted by Gasteiger charge is -2.13. The van der Waals surface area contributed by atoms with E-state index in [0.29, 0.717) is 6.54 Å². The van der Waals surface area contributed by atoms with Gasteiger partial charge in [-0.05, 0) is 18.3 Å². The van der Waals surface area contributed by atoms with E-state index < -0.39 is 0 Å². The molecule has 0 aromatic rings. The smallest absolute Gasteiger partial charge is 0.0715 e. The Balaban J connectivity index is 0.000000640. The molecule has 3 heteroatoms. The maximum atomic E-state index is 9.13. The van der Waals surface area contributed by atoms with Gasteiger partial charge in [-0.2, -0.15) is 0 Å². The van der Waals surface area contributed by atoms with Gasteiger partial charge in [-0.1, -0.05) is 6.92 Å². The van der Waals surface area contributed by atoms with Crippen LogP contribution in [-0.2, 0) is 0 Å². The Bertz CT molecular complexity index is 93.1. The van der Waals surface area contributed by atoms with E-state index in [2.05, 4.69) is 6.92 Å². The topological polar surface area (TPSA) is 46.2 Å². The first-order chi connectivity index (χ1) is 3.69. The minimum atomic E-state index is -0.262. The molecule has 1 aliphatic rings. The predicted octanol–water partition coefficient (Wildman–Crippen LogP) is 0.528. The van der Waals surface area contributed by atoms with Crippen LogP contribution in [0.1, 0.15) is 19.8 Å². The van der Waals surface area contributed by atoms with Crippen LogP contribution in [-0.4, -0.2) is 17.8 Å². The van der Waals surface area contributed by atoms with E-state index in [1.165, 1.54) is 0 Å². The average Bonchev–Trinajstić information content (AvgIpc) is 2.47. The van der Waals surface area contributed by atoms with Crippen molar-refractivity contribution in [1.29, 1.82) is 0 Å². The molecule has 3 N–H and O–H groups in total. The molecule has 0 aliphatic heterocycles. The van der Waals surface area contributed by atoms with Crippen LogP contribution in [0.15, 0.2) is 0 Å². The summed E-state index contributed by atoms with van der Waals surface area (Å²) in [6.45, 7) is 2.49. The molecule has 0 heterocycles. The second-order valence-corrected chi connectivity index (χ2v) is 2.91. The molecule has 0 saturated heterocycles. The van der Waals surface area contributed by atoms with E-state index in [1.54, 1.807) is 0 Å². The van der Waals surface area contributed by atoms with Crippen molar-refractivity contribution in [2.45, 2.75) is 25.9 Å². The van der Waals surface area contributed by atoms with Crippen LogP contribution in [0, 0.1) is 5.41 Å². The van der Waals surface area contributed by atoms with Crippen LogP contribution in [0.3, 0.4) is 0 Å². The van der Waals surface area contributed by atoms with Gasteiger partial charge >= 0.3 is 0 Å². The summed E-state index contributed by atoms with van der Waals surface area (Å²) in [6.07, 6.45) is 2.03. The highest BCUT2D eigenvalue weighted by Gasteiger charge is 2.43. The third-order valence-electron chi connectivity index (χ3n) is 2.07. The van der Waals surface area contributed by atoms with Crippen LogP contribution in [0.25, 0.3) is 0 Å². The van der Waals surface area contributed by atoms with Crippen LogP contribution >= 0.6 is 12.4 Å². The molecule has 1 rings (SSSR count). The summed E-state index contributed by atoms with van der Waals surface area (Å²) in [6, 6.07) is 0. The number of hydrogen-bond acceptors (Lipinski definition) is 2. The van der Waals surface area contributed by atoms with Crippen molar-refractivity contribution in [3.63, 3.8) is 0 Å². The first kappa shape index (κ1) is 9.21. The van der Waals surface area contributed by atoms with Gasteiger partial charge in [0.05, 0.1) is 6.10 Å². The van der Waals surface area contributed by atoms with Crippen LogP contribution < -0.4 is 5.73 Å². The van der Waals surface area contributed by atoms with Crippen LogP contribution in [0.5, 0.6) is 0 Å². The molecule has 56 valence electrons. The van der Waals surface area contributed by atoms with Gasteiger partial charge in [0, 0.05) is 6.54 Å². The van der Waals surface area contributed by atoms with Gasteiger partial charge in [-0.15, -0.1) is 12.4 Å². The Labute approximate surface area is 61.8 Å². The third-order valence-corrected chi connectivity index (χ3v) is 2.07.